The zero-order valence-corrected chi connectivity index (χ0v) is 31.0. The lowest BCUT2D eigenvalue weighted by atomic mass is 9.82. The van der Waals surface area contributed by atoms with Crippen LogP contribution >= 0.6 is 11.3 Å². The molecule has 258 valence electrons. The summed E-state index contributed by atoms with van der Waals surface area (Å²) in [6.07, 6.45) is 0. The molecule has 3 nitrogen and oxygen atoms in total. The van der Waals surface area contributed by atoms with Crippen LogP contribution in [-0.2, 0) is 5.41 Å². The largest absolute Gasteiger partial charge is 0.310 e. The second-order valence-electron chi connectivity index (χ2n) is 14.5. The first-order valence-corrected chi connectivity index (χ1v) is 19.3. The first-order chi connectivity index (χ1) is 26.5. The number of anilines is 6. The van der Waals surface area contributed by atoms with Crippen molar-refractivity contribution in [3.63, 3.8) is 0 Å². The van der Waals surface area contributed by atoms with Gasteiger partial charge >= 0.3 is 0 Å². The van der Waals surface area contributed by atoms with Crippen molar-refractivity contribution in [2.75, 3.05) is 9.80 Å². The fourth-order valence-electron chi connectivity index (χ4n) is 8.12. The van der Waals surface area contributed by atoms with E-state index < -0.39 is 0 Å². The number of para-hydroxylation sites is 3. The monoisotopic (exact) mass is 711 g/mol. The summed E-state index contributed by atoms with van der Waals surface area (Å²) < 4.78 is 1.22. The lowest BCUT2D eigenvalue weighted by Gasteiger charge is -2.29. The van der Waals surface area contributed by atoms with Gasteiger partial charge in [0.25, 0.3) is 0 Å². The van der Waals surface area contributed by atoms with Gasteiger partial charge in [-0.3, -0.25) is 0 Å². The maximum Gasteiger partial charge on any atom is 0.124 e. The molecule has 9 aromatic rings. The molecule has 0 radical (unpaired) electrons. The molecule has 1 heterocycles. The van der Waals surface area contributed by atoms with Gasteiger partial charge in [0.2, 0.25) is 0 Å². The van der Waals surface area contributed by atoms with Crippen molar-refractivity contribution in [2.45, 2.75) is 19.3 Å². The number of hydrogen-bond acceptors (Lipinski definition) is 4. The Balaban J connectivity index is 1.10. The van der Waals surface area contributed by atoms with Crippen LogP contribution in [0.2, 0.25) is 0 Å². The van der Waals surface area contributed by atoms with E-state index in [2.05, 4.69) is 212 Å². The molecule has 0 spiro atoms. The summed E-state index contributed by atoms with van der Waals surface area (Å²) in [5.74, 6) is 0. The number of hydrogen-bond donors (Lipinski definition) is 0. The fourth-order valence-corrected chi connectivity index (χ4v) is 9.12. The minimum Gasteiger partial charge on any atom is -0.310 e. The van der Waals surface area contributed by atoms with Crippen molar-refractivity contribution in [1.82, 2.24) is 4.98 Å². The third-order valence-corrected chi connectivity index (χ3v) is 11.9. The molecule has 0 N–H and O–H groups in total. The Hall–Kier alpha value is -6.49. The van der Waals surface area contributed by atoms with E-state index in [4.69, 9.17) is 4.98 Å². The van der Waals surface area contributed by atoms with Gasteiger partial charge in [-0.1, -0.05) is 111 Å². The van der Waals surface area contributed by atoms with Crippen molar-refractivity contribution in [2.24, 2.45) is 0 Å². The highest BCUT2D eigenvalue weighted by Crippen LogP contribution is 2.52. The second-order valence-corrected chi connectivity index (χ2v) is 15.5. The van der Waals surface area contributed by atoms with Gasteiger partial charge in [0.1, 0.15) is 5.01 Å². The first-order valence-electron chi connectivity index (χ1n) is 18.5. The number of nitrogens with zero attached hydrogens (tertiary/aromatic N) is 3. The molecular weight excluding hydrogens is 675 g/mol. The maximum atomic E-state index is 5.09. The Morgan fingerprint density at radius 2 is 0.926 bits per heavy atom. The summed E-state index contributed by atoms with van der Waals surface area (Å²) in [6.45, 7) is 4.71. The van der Waals surface area contributed by atoms with Crippen LogP contribution in [0.4, 0.5) is 34.1 Å². The van der Waals surface area contributed by atoms with Gasteiger partial charge in [0.05, 0.1) is 10.2 Å². The molecule has 54 heavy (non-hydrogen) atoms. The minimum absolute atomic E-state index is 0.137. The topological polar surface area (TPSA) is 19.4 Å². The lowest BCUT2D eigenvalue weighted by molar-refractivity contribution is 0.662. The highest BCUT2D eigenvalue weighted by atomic mass is 32.1. The van der Waals surface area contributed by atoms with E-state index in [1.165, 1.54) is 43.3 Å². The smallest absolute Gasteiger partial charge is 0.124 e. The van der Waals surface area contributed by atoms with E-state index in [0.29, 0.717) is 0 Å². The fraction of sp³-hybridized carbons (Fsp3) is 0.0600. The van der Waals surface area contributed by atoms with Crippen LogP contribution in [0.25, 0.3) is 42.7 Å². The standard InChI is InChI=1S/C50H37N3S/c1-50(2)45-30-35-26-27-42(28-36(35)29-43(45)44-32-48-47(33-46(44)50)51-49(54-48)34-16-7-3-8-17-34)53(39-22-13-6-14-23-39)41-25-15-24-40(31-41)52(37-18-9-4-10-19-37)38-20-11-5-12-21-38/h3-33H,1-2H3. The van der Waals surface area contributed by atoms with Crippen molar-refractivity contribution < 1.29 is 0 Å². The molecule has 0 fully saturated rings. The van der Waals surface area contributed by atoms with Crippen LogP contribution < -0.4 is 9.80 Å². The van der Waals surface area contributed by atoms with E-state index in [1.54, 1.807) is 11.3 Å². The highest BCUT2D eigenvalue weighted by Gasteiger charge is 2.36. The average Bonchev–Trinajstić information content (AvgIpc) is 3.73. The highest BCUT2D eigenvalue weighted by molar-refractivity contribution is 7.21. The van der Waals surface area contributed by atoms with E-state index in [-0.39, 0.29) is 5.41 Å². The molecule has 0 saturated carbocycles. The van der Waals surface area contributed by atoms with E-state index in [1.807, 2.05) is 0 Å². The molecular formula is C50H37N3S. The number of rotatable bonds is 7. The third-order valence-electron chi connectivity index (χ3n) is 10.8. The van der Waals surface area contributed by atoms with Gasteiger partial charge in [-0.2, -0.15) is 0 Å². The number of thiazole rings is 1. The van der Waals surface area contributed by atoms with Crippen molar-refractivity contribution in [1.29, 1.82) is 0 Å². The number of aromatic nitrogens is 1. The minimum atomic E-state index is -0.137. The average molecular weight is 712 g/mol. The van der Waals surface area contributed by atoms with E-state index >= 15 is 0 Å². The van der Waals surface area contributed by atoms with Crippen molar-refractivity contribution in [3.05, 3.63) is 199 Å². The Morgan fingerprint density at radius 1 is 0.426 bits per heavy atom. The predicted octanol–water partition coefficient (Wildman–Crippen LogP) is 14.4. The molecule has 10 rings (SSSR count). The van der Waals surface area contributed by atoms with E-state index in [0.717, 1.165) is 44.6 Å². The van der Waals surface area contributed by atoms with Crippen LogP contribution in [0, 0.1) is 0 Å². The van der Waals surface area contributed by atoms with Crippen molar-refractivity contribution in [3.8, 4) is 21.7 Å². The molecule has 1 aliphatic rings. The second kappa shape index (κ2) is 12.9. The van der Waals surface area contributed by atoms with Crippen LogP contribution in [0.5, 0.6) is 0 Å². The van der Waals surface area contributed by atoms with Crippen molar-refractivity contribution >= 4 is 66.5 Å². The summed E-state index contributed by atoms with van der Waals surface area (Å²) in [4.78, 5) is 9.78. The summed E-state index contributed by atoms with van der Waals surface area (Å²) in [7, 11) is 0. The Kier molecular flexibility index (Phi) is 7.67. The van der Waals surface area contributed by atoms with Crippen LogP contribution in [-0.4, -0.2) is 4.98 Å². The number of benzene rings is 8. The van der Waals surface area contributed by atoms with Crippen LogP contribution in [0.1, 0.15) is 25.0 Å². The van der Waals surface area contributed by atoms with E-state index in [9.17, 15) is 0 Å². The molecule has 0 aliphatic heterocycles. The molecule has 4 heteroatoms. The SMILES string of the molecule is CC1(C)c2cc3ccc(N(c4ccccc4)c4cccc(N(c5ccccc5)c5ccccc5)c4)cc3cc2-c2cc3sc(-c4ccccc4)nc3cc21. The molecule has 0 bridgehead atoms. The summed E-state index contributed by atoms with van der Waals surface area (Å²) in [6, 6.07) is 67.7. The predicted molar refractivity (Wildman–Crippen MR) is 229 cm³/mol. The quantitative estimate of drug-likeness (QED) is 0.164. The molecule has 0 saturated heterocycles. The van der Waals surface area contributed by atoms with Crippen LogP contribution in [0.15, 0.2) is 188 Å². The van der Waals surface area contributed by atoms with Gasteiger partial charge in [0, 0.05) is 45.1 Å². The number of fused-ring (bicyclic) bond motifs is 5. The van der Waals surface area contributed by atoms with Gasteiger partial charge in [-0.25, -0.2) is 4.98 Å². The van der Waals surface area contributed by atoms with Gasteiger partial charge in [0.15, 0.2) is 0 Å². The Labute approximate surface area is 320 Å². The Morgan fingerprint density at radius 3 is 1.54 bits per heavy atom. The lowest BCUT2D eigenvalue weighted by Crippen LogP contribution is -2.15. The third kappa shape index (κ3) is 5.46. The van der Waals surface area contributed by atoms with Gasteiger partial charge in [-0.05, 0) is 124 Å². The molecule has 1 aliphatic carbocycles. The Bertz CT molecular complexity index is 2750. The zero-order valence-electron chi connectivity index (χ0n) is 30.1. The molecule has 0 unspecified atom stereocenters. The molecule has 8 aromatic carbocycles. The van der Waals surface area contributed by atoms with Crippen LogP contribution in [0.3, 0.4) is 0 Å². The normalized spacial score (nSPS) is 12.8. The maximum absolute atomic E-state index is 5.09. The zero-order chi connectivity index (χ0) is 36.2. The first kappa shape index (κ1) is 32.2. The van der Waals surface area contributed by atoms with Gasteiger partial charge < -0.3 is 9.80 Å². The molecule has 0 atom stereocenters. The summed E-state index contributed by atoms with van der Waals surface area (Å²) in [5, 5.41) is 3.53. The summed E-state index contributed by atoms with van der Waals surface area (Å²) in [5.41, 5.74) is 14.1. The summed E-state index contributed by atoms with van der Waals surface area (Å²) >= 11 is 1.78. The van der Waals surface area contributed by atoms with Gasteiger partial charge in [-0.15, -0.1) is 11.3 Å². The molecule has 1 aromatic heterocycles. The molecule has 0 amide bonds.